The summed E-state index contributed by atoms with van der Waals surface area (Å²) in [5, 5.41) is 0. The molecule has 2 aromatic carbocycles. The number of fused-ring (bicyclic) bond motifs is 2. The van der Waals surface area contributed by atoms with Crippen molar-refractivity contribution < 1.29 is 28.6 Å². The molecule has 6 rings (SSSR count). The van der Waals surface area contributed by atoms with Gasteiger partial charge in [-0.15, -0.1) is 0 Å². The fourth-order valence-electron chi connectivity index (χ4n) is 6.17. The molecule has 0 radical (unpaired) electrons. The molecule has 1 saturated heterocycles. The maximum absolute atomic E-state index is 14.1. The molecule has 0 N–H and O–H groups in total. The Kier molecular flexibility index (Phi) is 4.71. The number of nitrogens with zero attached hydrogens (tertiary/aromatic N) is 2. The Hall–Kier alpha value is -3.81. The first kappa shape index (κ1) is 21.7. The van der Waals surface area contributed by atoms with Crippen molar-refractivity contribution in [3.8, 4) is 17.2 Å². The Morgan fingerprint density at radius 1 is 1.11 bits per heavy atom. The molecule has 8 nitrogen and oxygen atoms in total. The summed E-state index contributed by atoms with van der Waals surface area (Å²) < 4.78 is 16.5. The summed E-state index contributed by atoms with van der Waals surface area (Å²) in [7, 11) is 1.57. The molecule has 180 valence electrons. The fourth-order valence-corrected chi connectivity index (χ4v) is 6.17. The maximum atomic E-state index is 14.1. The average molecular weight is 475 g/mol. The van der Waals surface area contributed by atoms with Gasteiger partial charge in [-0.25, -0.2) is 0 Å². The zero-order chi connectivity index (χ0) is 24.5. The summed E-state index contributed by atoms with van der Waals surface area (Å²) in [6.45, 7) is 4.26. The summed E-state index contributed by atoms with van der Waals surface area (Å²) in [6, 6.07) is 9.41. The van der Waals surface area contributed by atoms with Crippen LogP contribution in [0.25, 0.3) is 0 Å². The molecular weight excluding hydrogens is 448 g/mol. The van der Waals surface area contributed by atoms with E-state index in [4.69, 9.17) is 14.2 Å². The van der Waals surface area contributed by atoms with E-state index in [1.54, 1.807) is 47.3 Å². The van der Waals surface area contributed by atoms with E-state index in [0.29, 0.717) is 22.8 Å². The standard InChI is InChI=1S/C27H26N2O6/c1-15(2)29-23-11-18(30)8-9-27(23)20-12-22-21(34-14-35-22)10-17(20)13-28(24(27)26(29)32)25(31)16-4-6-19(33-3)7-5-16/h4-10,12,15,23-24H,11,13-14H2,1-3H3/t23-,24+,27-/m0/s1. The van der Waals surface area contributed by atoms with Crippen molar-refractivity contribution in [1.82, 2.24) is 9.80 Å². The van der Waals surface area contributed by atoms with E-state index < -0.39 is 17.5 Å². The van der Waals surface area contributed by atoms with Gasteiger partial charge in [0.2, 0.25) is 12.7 Å². The van der Waals surface area contributed by atoms with Crippen LogP contribution in [0.1, 0.15) is 41.8 Å². The number of rotatable bonds is 3. The SMILES string of the molecule is COc1ccc(C(=O)N2Cc3cc4c(cc3[C@@]35C=CC(=O)C[C@@H]3N(C(C)C)C(=O)[C@@H]25)OCO4)cc1. The summed E-state index contributed by atoms with van der Waals surface area (Å²) in [4.78, 5) is 44.0. The summed E-state index contributed by atoms with van der Waals surface area (Å²) in [5.74, 6) is 1.46. The summed E-state index contributed by atoms with van der Waals surface area (Å²) in [6.07, 6.45) is 3.62. The van der Waals surface area contributed by atoms with Gasteiger partial charge < -0.3 is 24.0 Å². The second-order valence-electron chi connectivity index (χ2n) is 9.72. The molecule has 4 aliphatic rings. The van der Waals surface area contributed by atoms with Crippen molar-refractivity contribution in [3.63, 3.8) is 0 Å². The van der Waals surface area contributed by atoms with Gasteiger partial charge >= 0.3 is 0 Å². The minimum atomic E-state index is -0.869. The zero-order valence-electron chi connectivity index (χ0n) is 19.8. The molecule has 2 amide bonds. The van der Waals surface area contributed by atoms with E-state index in [2.05, 4.69) is 0 Å². The minimum Gasteiger partial charge on any atom is -0.497 e. The van der Waals surface area contributed by atoms with Crippen LogP contribution >= 0.6 is 0 Å². The molecule has 0 saturated carbocycles. The van der Waals surface area contributed by atoms with E-state index in [1.165, 1.54) is 0 Å². The van der Waals surface area contributed by atoms with Crippen LogP contribution in [0.5, 0.6) is 17.2 Å². The van der Waals surface area contributed by atoms with Gasteiger partial charge in [0, 0.05) is 24.6 Å². The van der Waals surface area contributed by atoms with Crippen molar-refractivity contribution >= 4 is 17.6 Å². The highest BCUT2D eigenvalue weighted by Gasteiger charge is 2.65. The molecule has 1 fully saturated rings. The highest BCUT2D eigenvalue weighted by molar-refractivity contribution is 6.02. The molecule has 0 aromatic heterocycles. The fraction of sp³-hybridized carbons (Fsp3) is 0.370. The third-order valence-electron chi connectivity index (χ3n) is 7.64. The predicted molar refractivity (Wildman–Crippen MR) is 125 cm³/mol. The molecule has 3 aliphatic heterocycles. The molecule has 3 heterocycles. The Balaban J connectivity index is 1.57. The van der Waals surface area contributed by atoms with Gasteiger partial charge in [-0.05, 0) is 67.4 Å². The maximum Gasteiger partial charge on any atom is 0.254 e. The first-order chi connectivity index (χ1) is 16.8. The van der Waals surface area contributed by atoms with Crippen LogP contribution in [0, 0.1) is 0 Å². The van der Waals surface area contributed by atoms with Gasteiger partial charge in [-0.1, -0.05) is 6.08 Å². The van der Waals surface area contributed by atoms with Crippen molar-refractivity contribution in [2.24, 2.45) is 0 Å². The quantitative estimate of drug-likeness (QED) is 0.680. The van der Waals surface area contributed by atoms with E-state index in [1.807, 2.05) is 32.1 Å². The number of amides is 2. The molecular formula is C27H26N2O6. The second-order valence-corrected chi connectivity index (χ2v) is 9.72. The number of allylic oxidation sites excluding steroid dienone is 1. The van der Waals surface area contributed by atoms with Crippen LogP contribution in [0.4, 0.5) is 0 Å². The van der Waals surface area contributed by atoms with Crippen LogP contribution < -0.4 is 14.2 Å². The Labute approximate surface area is 203 Å². The lowest BCUT2D eigenvalue weighted by Crippen LogP contribution is -2.59. The lowest BCUT2D eigenvalue weighted by atomic mass is 9.63. The summed E-state index contributed by atoms with van der Waals surface area (Å²) >= 11 is 0. The molecule has 3 atom stereocenters. The van der Waals surface area contributed by atoms with Crippen molar-refractivity contribution in [1.29, 1.82) is 0 Å². The van der Waals surface area contributed by atoms with Gasteiger partial charge in [-0.2, -0.15) is 0 Å². The number of ketones is 1. The normalized spacial score (nSPS) is 26.1. The first-order valence-corrected chi connectivity index (χ1v) is 11.8. The zero-order valence-corrected chi connectivity index (χ0v) is 19.8. The molecule has 8 heteroatoms. The van der Waals surface area contributed by atoms with Crippen LogP contribution in [0.3, 0.4) is 0 Å². The van der Waals surface area contributed by atoms with Gasteiger partial charge in [0.1, 0.15) is 11.8 Å². The van der Waals surface area contributed by atoms with Gasteiger partial charge in [0.15, 0.2) is 17.3 Å². The molecule has 1 aliphatic carbocycles. The number of hydrogen-bond donors (Lipinski definition) is 0. The third kappa shape index (κ3) is 2.95. The highest BCUT2D eigenvalue weighted by atomic mass is 16.7. The van der Waals surface area contributed by atoms with E-state index in [9.17, 15) is 14.4 Å². The third-order valence-corrected chi connectivity index (χ3v) is 7.64. The van der Waals surface area contributed by atoms with Crippen molar-refractivity contribution in [2.75, 3.05) is 13.9 Å². The van der Waals surface area contributed by atoms with Gasteiger partial charge in [0.05, 0.1) is 18.6 Å². The van der Waals surface area contributed by atoms with Crippen LogP contribution in [0.2, 0.25) is 0 Å². The average Bonchev–Trinajstić information content (AvgIpc) is 3.41. The highest BCUT2D eigenvalue weighted by Crippen LogP contribution is 2.54. The number of likely N-dealkylation sites (tertiary alicyclic amines) is 1. The van der Waals surface area contributed by atoms with Crippen molar-refractivity contribution in [2.45, 2.75) is 50.4 Å². The van der Waals surface area contributed by atoms with E-state index >= 15 is 0 Å². The Bertz CT molecular complexity index is 1280. The largest absolute Gasteiger partial charge is 0.497 e. The number of benzene rings is 2. The predicted octanol–water partition coefficient (Wildman–Crippen LogP) is 2.83. The van der Waals surface area contributed by atoms with Crippen LogP contribution in [-0.4, -0.2) is 59.4 Å². The van der Waals surface area contributed by atoms with Gasteiger partial charge in [-0.3, -0.25) is 14.4 Å². The van der Waals surface area contributed by atoms with E-state index in [0.717, 1.165) is 11.1 Å². The number of ether oxygens (including phenoxy) is 3. The van der Waals surface area contributed by atoms with Crippen molar-refractivity contribution in [3.05, 3.63) is 65.2 Å². The molecule has 1 spiro atoms. The Morgan fingerprint density at radius 2 is 1.83 bits per heavy atom. The van der Waals surface area contributed by atoms with Gasteiger partial charge in [0.25, 0.3) is 5.91 Å². The second kappa shape index (κ2) is 7.60. The first-order valence-electron chi connectivity index (χ1n) is 11.8. The number of carbonyl (C=O) groups excluding carboxylic acids is 3. The number of methoxy groups -OCH3 is 1. The molecule has 35 heavy (non-hydrogen) atoms. The smallest absolute Gasteiger partial charge is 0.254 e. The molecule has 0 bridgehead atoms. The summed E-state index contributed by atoms with van der Waals surface area (Å²) in [5.41, 5.74) is 1.39. The van der Waals surface area contributed by atoms with Crippen LogP contribution in [0.15, 0.2) is 48.6 Å². The topological polar surface area (TPSA) is 85.4 Å². The van der Waals surface area contributed by atoms with Crippen LogP contribution in [-0.2, 0) is 21.5 Å². The molecule has 0 unspecified atom stereocenters. The monoisotopic (exact) mass is 474 g/mol. The lowest BCUT2D eigenvalue weighted by molar-refractivity contribution is -0.134. The number of carbonyl (C=O) groups is 3. The Morgan fingerprint density at radius 3 is 2.51 bits per heavy atom. The minimum absolute atomic E-state index is 0.0272. The lowest BCUT2D eigenvalue weighted by Gasteiger charge is -2.48. The number of hydrogen-bond acceptors (Lipinski definition) is 6. The molecule has 2 aromatic rings. The van der Waals surface area contributed by atoms with E-state index in [-0.39, 0.29) is 43.4 Å².